The molecule has 0 amide bonds. The number of hydrogen-bond acceptors (Lipinski definition) is 3. The van der Waals surface area contributed by atoms with Crippen molar-refractivity contribution < 1.29 is 14.3 Å². The lowest BCUT2D eigenvalue weighted by molar-refractivity contribution is -0.161. The Labute approximate surface area is 124 Å². The van der Waals surface area contributed by atoms with Crippen LogP contribution < -0.4 is 0 Å². The minimum Gasteiger partial charge on any atom is -0.463 e. The third-order valence-corrected chi connectivity index (χ3v) is 4.28. The van der Waals surface area contributed by atoms with E-state index < -0.39 is 5.60 Å². The van der Waals surface area contributed by atoms with Gasteiger partial charge in [-0.15, -0.1) is 0 Å². The van der Waals surface area contributed by atoms with Gasteiger partial charge in [0.05, 0.1) is 11.7 Å². The minimum atomic E-state index is -0.411. The van der Waals surface area contributed by atoms with Gasteiger partial charge in [-0.25, -0.2) is 0 Å². The summed E-state index contributed by atoms with van der Waals surface area (Å²) in [6.07, 6.45) is 5.70. The first-order valence-corrected chi connectivity index (χ1v) is 7.99. The van der Waals surface area contributed by atoms with Crippen molar-refractivity contribution in [3.63, 3.8) is 0 Å². The van der Waals surface area contributed by atoms with Gasteiger partial charge in [-0.05, 0) is 51.4 Å². The van der Waals surface area contributed by atoms with E-state index in [-0.39, 0.29) is 12.1 Å². The van der Waals surface area contributed by atoms with Crippen LogP contribution in [0.5, 0.6) is 0 Å². The van der Waals surface area contributed by atoms with E-state index in [0.717, 1.165) is 0 Å². The summed E-state index contributed by atoms with van der Waals surface area (Å²) in [4.78, 5) is 11.3. The largest absolute Gasteiger partial charge is 0.463 e. The van der Waals surface area contributed by atoms with Crippen molar-refractivity contribution in [3.8, 4) is 0 Å². The highest BCUT2D eigenvalue weighted by atomic mass is 16.6. The zero-order valence-corrected chi connectivity index (χ0v) is 14.1. The molecule has 118 valence electrons. The highest BCUT2D eigenvalue weighted by molar-refractivity contribution is 5.68. The first kappa shape index (κ1) is 17.5. The van der Waals surface area contributed by atoms with Gasteiger partial charge in [-0.2, -0.15) is 0 Å². The smallest absolute Gasteiger partial charge is 0.305 e. The zero-order valence-electron chi connectivity index (χ0n) is 14.1. The van der Waals surface area contributed by atoms with Gasteiger partial charge in [0, 0.05) is 6.42 Å². The van der Waals surface area contributed by atoms with Gasteiger partial charge in [-0.1, -0.05) is 27.2 Å². The van der Waals surface area contributed by atoms with Gasteiger partial charge < -0.3 is 9.47 Å². The molecule has 1 aliphatic rings. The van der Waals surface area contributed by atoms with Crippen molar-refractivity contribution in [1.82, 2.24) is 0 Å². The van der Waals surface area contributed by atoms with E-state index in [0.29, 0.717) is 24.4 Å². The summed E-state index contributed by atoms with van der Waals surface area (Å²) in [7, 11) is 0. The second-order valence-corrected chi connectivity index (χ2v) is 7.62. The molecule has 0 aromatic carbocycles. The molecule has 1 fully saturated rings. The number of ether oxygens (including phenoxy) is 2. The van der Waals surface area contributed by atoms with Crippen LogP contribution in [0.3, 0.4) is 0 Å². The molecule has 1 unspecified atom stereocenters. The van der Waals surface area contributed by atoms with Crippen LogP contribution >= 0.6 is 0 Å². The van der Waals surface area contributed by atoms with Crippen molar-refractivity contribution in [2.24, 2.45) is 11.3 Å². The van der Waals surface area contributed by atoms with Crippen molar-refractivity contribution >= 4 is 5.97 Å². The van der Waals surface area contributed by atoms with Crippen LogP contribution in [0, 0.1) is 11.3 Å². The van der Waals surface area contributed by atoms with E-state index in [1.807, 2.05) is 20.8 Å². The summed E-state index contributed by atoms with van der Waals surface area (Å²) in [6, 6.07) is 0. The average molecular weight is 284 g/mol. The summed E-state index contributed by atoms with van der Waals surface area (Å²) < 4.78 is 11.4. The molecule has 0 N–H and O–H groups in total. The fourth-order valence-corrected chi connectivity index (χ4v) is 3.15. The number of hydrogen-bond donors (Lipinski definition) is 0. The molecule has 0 spiro atoms. The van der Waals surface area contributed by atoms with Gasteiger partial charge in [-0.3, -0.25) is 4.79 Å². The fourth-order valence-electron chi connectivity index (χ4n) is 3.15. The minimum absolute atomic E-state index is 0.159. The first-order chi connectivity index (χ1) is 9.15. The molecule has 0 heterocycles. The summed E-state index contributed by atoms with van der Waals surface area (Å²) in [5.41, 5.74) is 0.0190. The molecule has 1 aliphatic carbocycles. The Balaban J connectivity index is 2.47. The highest BCUT2D eigenvalue weighted by Crippen LogP contribution is 2.41. The molecule has 0 aliphatic heterocycles. The topological polar surface area (TPSA) is 35.5 Å². The quantitative estimate of drug-likeness (QED) is 0.681. The number of carbonyl (C=O) groups excluding carboxylic acids is 1. The van der Waals surface area contributed by atoms with E-state index in [9.17, 15) is 4.79 Å². The fraction of sp³-hybridized carbons (Fsp3) is 0.941. The summed E-state index contributed by atoms with van der Waals surface area (Å²) in [6.45, 7) is 13.0. The molecule has 0 aromatic heterocycles. The molecule has 0 bridgehead atoms. The molecular formula is C17H32O3. The van der Waals surface area contributed by atoms with E-state index >= 15 is 0 Å². The average Bonchev–Trinajstić information content (AvgIpc) is 2.34. The highest BCUT2D eigenvalue weighted by Gasteiger charge is 2.34. The third-order valence-electron chi connectivity index (χ3n) is 4.28. The molecule has 3 nitrogen and oxygen atoms in total. The van der Waals surface area contributed by atoms with Gasteiger partial charge >= 0.3 is 5.97 Å². The molecular weight excluding hydrogens is 252 g/mol. The number of carbonyl (C=O) groups is 1. The Morgan fingerprint density at radius 2 is 2.05 bits per heavy atom. The first-order valence-electron chi connectivity index (χ1n) is 7.99. The Morgan fingerprint density at radius 3 is 2.60 bits per heavy atom. The molecule has 1 saturated carbocycles. The van der Waals surface area contributed by atoms with Gasteiger partial charge in [0.25, 0.3) is 0 Å². The third kappa shape index (κ3) is 5.82. The predicted octanol–water partition coefficient (Wildman–Crippen LogP) is 4.34. The molecule has 0 radical (unpaired) electrons. The van der Waals surface area contributed by atoms with Crippen molar-refractivity contribution in [1.29, 1.82) is 0 Å². The zero-order chi connectivity index (χ0) is 15.4. The molecule has 20 heavy (non-hydrogen) atoms. The lowest BCUT2D eigenvalue weighted by Crippen LogP contribution is -2.40. The van der Waals surface area contributed by atoms with E-state index in [1.54, 1.807) is 0 Å². The van der Waals surface area contributed by atoms with Crippen molar-refractivity contribution in [2.75, 3.05) is 6.61 Å². The monoisotopic (exact) mass is 284 g/mol. The molecule has 1 rings (SSSR count). The van der Waals surface area contributed by atoms with Crippen LogP contribution in [0.2, 0.25) is 0 Å². The second kappa shape index (κ2) is 6.93. The molecule has 0 saturated heterocycles. The maximum Gasteiger partial charge on any atom is 0.305 e. The SMILES string of the molecule is CCC(=O)OCC(C)(C)O[C@H](C)C1CCCC(C)(C)C1. The second-order valence-electron chi connectivity index (χ2n) is 7.62. The Kier molecular flexibility index (Phi) is 6.06. The van der Waals surface area contributed by atoms with Crippen LogP contribution in [0.25, 0.3) is 0 Å². The van der Waals surface area contributed by atoms with Crippen LogP contribution in [0.15, 0.2) is 0 Å². The van der Waals surface area contributed by atoms with Crippen LogP contribution in [-0.2, 0) is 14.3 Å². The van der Waals surface area contributed by atoms with Crippen LogP contribution in [0.4, 0.5) is 0 Å². The van der Waals surface area contributed by atoms with Crippen LogP contribution in [0.1, 0.15) is 73.6 Å². The summed E-state index contributed by atoms with van der Waals surface area (Å²) in [5, 5.41) is 0. The Hall–Kier alpha value is -0.570. The Morgan fingerprint density at radius 1 is 1.40 bits per heavy atom. The standard InChI is InChI=1S/C17H32O3/c1-7-15(18)19-12-17(5,6)20-13(2)14-9-8-10-16(3,4)11-14/h13-14H,7-12H2,1-6H3/t13-,14?/m1/s1. The van der Waals surface area contributed by atoms with E-state index in [2.05, 4.69) is 20.8 Å². The van der Waals surface area contributed by atoms with Gasteiger partial charge in [0.1, 0.15) is 6.61 Å². The molecule has 2 atom stereocenters. The lowest BCUT2D eigenvalue weighted by atomic mass is 9.71. The molecule has 0 aromatic rings. The summed E-state index contributed by atoms with van der Waals surface area (Å²) >= 11 is 0. The van der Waals surface area contributed by atoms with Crippen LogP contribution in [-0.4, -0.2) is 24.3 Å². The van der Waals surface area contributed by atoms with Crippen molar-refractivity contribution in [3.05, 3.63) is 0 Å². The maximum atomic E-state index is 11.3. The Bertz CT molecular complexity index is 320. The van der Waals surface area contributed by atoms with Gasteiger partial charge in [0.2, 0.25) is 0 Å². The molecule has 3 heteroatoms. The summed E-state index contributed by atoms with van der Waals surface area (Å²) in [5.74, 6) is 0.452. The predicted molar refractivity (Wildman–Crippen MR) is 81.6 cm³/mol. The number of rotatable bonds is 6. The number of esters is 1. The van der Waals surface area contributed by atoms with E-state index in [4.69, 9.17) is 9.47 Å². The van der Waals surface area contributed by atoms with Crippen molar-refractivity contribution in [2.45, 2.75) is 85.4 Å². The van der Waals surface area contributed by atoms with E-state index in [1.165, 1.54) is 25.7 Å². The maximum absolute atomic E-state index is 11.3. The normalized spacial score (nSPS) is 24.2. The van der Waals surface area contributed by atoms with Gasteiger partial charge in [0.15, 0.2) is 0 Å². The lowest BCUT2D eigenvalue weighted by Gasteiger charge is -2.40.